The smallest absolute Gasteiger partial charge is 0.170 e. The molecule has 1 aromatic carbocycles. The van der Waals surface area contributed by atoms with E-state index >= 15 is 0 Å². The number of aromatic nitrogens is 1. The topological polar surface area (TPSA) is 70.1 Å². The number of hydrogen-bond donors (Lipinski definition) is 0. The van der Waals surface area contributed by atoms with Crippen molar-refractivity contribution >= 4 is 17.3 Å². The van der Waals surface area contributed by atoms with Crippen LogP contribution >= 0.6 is 0 Å². The second-order valence-electron chi connectivity index (χ2n) is 5.24. The molecule has 0 N–H and O–H groups in total. The molecule has 0 aliphatic heterocycles. The lowest BCUT2D eigenvalue weighted by molar-refractivity contribution is -0.245. The number of ketones is 2. The standard InChI is InChI=1S/C18H15NO3/c20-15(6-5-12-7-9-19-10-8-12)17-16(21)11-13-3-1-2-4-14(13)18(17)22/h1-4,7-10,22H,5-6,11H2/p-1. The summed E-state index contributed by atoms with van der Waals surface area (Å²) in [5.74, 6) is -1.18. The third-order valence-electron chi connectivity index (χ3n) is 3.79. The summed E-state index contributed by atoms with van der Waals surface area (Å²) in [4.78, 5) is 28.4. The largest absolute Gasteiger partial charge is 0.871 e. The van der Waals surface area contributed by atoms with E-state index in [0.29, 0.717) is 17.5 Å². The van der Waals surface area contributed by atoms with Gasteiger partial charge in [0, 0.05) is 25.2 Å². The van der Waals surface area contributed by atoms with Crippen LogP contribution in [0, 0.1) is 0 Å². The molecule has 22 heavy (non-hydrogen) atoms. The third-order valence-corrected chi connectivity index (χ3v) is 3.79. The lowest BCUT2D eigenvalue weighted by atomic mass is 9.86. The molecule has 0 spiro atoms. The van der Waals surface area contributed by atoms with E-state index in [4.69, 9.17) is 0 Å². The maximum absolute atomic E-state index is 12.4. The second-order valence-corrected chi connectivity index (χ2v) is 5.24. The lowest BCUT2D eigenvalue weighted by Gasteiger charge is -2.25. The number of carbonyl (C=O) groups excluding carboxylic acids is 2. The van der Waals surface area contributed by atoms with E-state index in [1.807, 2.05) is 12.1 Å². The molecule has 0 amide bonds. The molecule has 0 bridgehead atoms. The van der Waals surface area contributed by atoms with Gasteiger partial charge in [-0.25, -0.2) is 0 Å². The first kappa shape index (κ1) is 14.2. The van der Waals surface area contributed by atoms with E-state index < -0.39 is 5.76 Å². The van der Waals surface area contributed by atoms with Crippen LogP contribution in [0.4, 0.5) is 0 Å². The SMILES string of the molecule is O=C(CCc1ccncc1)C1=C([O-])c2ccccc2CC1=O. The van der Waals surface area contributed by atoms with Crippen molar-refractivity contribution in [3.63, 3.8) is 0 Å². The summed E-state index contributed by atoms with van der Waals surface area (Å²) in [5, 5.41) is 12.4. The Bertz CT molecular complexity index is 763. The van der Waals surface area contributed by atoms with Crippen LogP contribution in [-0.4, -0.2) is 16.6 Å². The molecule has 4 heteroatoms. The molecule has 1 aromatic heterocycles. The maximum Gasteiger partial charge on any atom is 0.170 e. The number of fused-ring (bicyclic) bond motifs is 1. The van der Waals surface area contributed by atoms with Gasteiger partial charge in [-0.05, 0) is 35.2 Å². The molecule has 1 aliphatic carbocycles. The molecule has 0 saturated heterocycles. The van der Waals surface area contributed by atoms with Crippen molar-refractivity contribution in [2.45, 2.75) is 19.3 Å². The minimum atomic E-state index is -0.438. The number of allylic oxidation sites excluding steroid dienone is 1. The highest BCUT2D eigenvalue weighted by Gasteiger charge is 2.25. The van der Waals surface area contributed by atoms with Crippen molar-refractivity contribution in [2.75, 3.05) is 0 Å². The van der Waals surface area contributed by atoms with Gasteiger partial charge >= 0.3 is 0 Å². The first-order valence-corrected chi connectivity index (χ1v) is 7.11. The summed E-state index contributed by atoms with van der Waals surface area (Å²) in [6.07, 6.45) is 4.07. The lowest BCUT2D eigenvalue weighted by Crippen LogP contribution is -2.26. The molecule has 0 radical (unpaired) electrons. The van der Waals surface area contributed by atoms with Crippen molar-refractivity contribution in [1.29, 1.82) is 0 Å². The molecular formula is C18H14NO3-. The van der Waals surface area contributed by atoms with Gasteiger partial charge in [-0.1, -0.05) is 30.0 Å². The Morgan fingerprint density at radius 2 is 1.86 bits per heavy atom. The minimum absolute atomic E-state index is 0.123. The summed E-state index contributed by atoms with van der Waals surface area (Å²) in [7, 11) is 0. The van der Waals surface area contributed by atoms with E-state index in [-0.39, 0.29) is 30.0 Å². The van der Waals surface area contributed by atoms with E-state index in [9.17, 15) is 14.7 Å². The van der Waals surface area contributed by atoms with Gasteiger partial charge in [0.15, 0.2) is 11.6 Å². The number of rotatable bonds is 4. The van der Waals surface area contributed by atoms with E-state index in [2.05, 4.69) is 4.98 Å². The van der Waals surface area contributed by atoms with E-state index in [0.717, 1.165) is 5.56 Å². The summed E-state index contributed by atoms with van der Waals surface area (Å²) in [6.45, 7) is 0. The molecule has 0 atom stereocenters. The minimum Gasteiger partial charge on any atom is -0.871 e. The first-order chi connectivity index (χ1) is 10.7. The van der Waals surface area contributed by atoms with Gasteiger partial charge in [0.1, 0.15) is 0 Å². The zero-order valence-electron chi connectivity index (χ0n) is 11.9. The number of benzene rings is 1. The van der Waals surface area contributed by atoms with Gasteiger partial charge in [0.05, 0.1) is 5.57 Å². The summed E-state index contributed by atoms with van der Waals surface area (Å²) >= 11 is 0. The number of hydrogen-bond acceptors (Lipinski definition) is 4. The Kier molecular flexibility index (Phi) is 3.83. The van der Waals surface area contributed by atoms with Crippen molar-refractivity contribution in [3.05, 3.63) is 71.1 Å². The molecule has 1 aliphatic rings. The van der Waals surface area contributed by atoms with Crippen LogP contribution in [0.5, 0.6) is 0 Å². The van der Waals surface area contributed by atoms with Gasteiger partial charge in [0.2, 0.25) is 0 Å². The van der Waals surface area contributed by atoms with Crippen LogP contribution in [0.1, 0.15) is 23.1 Å². The highest BCUT2D eigenvalue weighted by Crippen LogP contribution is 2.27. The number of nitrogens with zero attached hydrogens (tertiary/aromatic N) is 1. The molecule has 110 valence electrons. The quantitative estimate of drug-likeness (QED) is 0.800. The van der Waals surface area contributed by atoms with Crippen LogP contribution in [0.2, 0.25) is 0 Å². The number of carbonyl (C=O) groups is 2. The zero-order valence-corrected chi connectivity index (χ0v) is 11.9. The Morgan fingerprint density at radius 1 is 1.14 bits per heavy atom. The molecule has 4 nitrogen and oxygen atoms in total. The Balaban J connectivity index is 1.84. The molecule has 0 unspecified atom stereocenters. The first-order valence-electron chi connectivity index (χ1n) is 7.11. The average Bonchev–Trinajstić information content (AvgIpc) is 2.54. The second kappa shape index (κ2) is 5.93. The molecule has 3 rings (SSSR count). The number of pyridine rings is 1. The van der Waals surface area contributed by atoms with Gasteiger partial charge in [-0.15, -0.1) is 0 Å². The summed E-state index contributed by atoms with van der Waals surface area (Å²) < 4.78 is 0. The molecule has 0 saturated carbocycles. The van der Waals surface area contributed by atoms with Crippen LogP contribution in [0.25, 0.3) is 5.76 Å². The number of Topliss-reactive ketones (excluding diaryl/α,β-unsaturated/α-hetero) is 2. The Hall–Kier alpha value is -2.75. The van der Waals surface area contributed by atoms with Crippen molar-refractivity contribution in [1.82, 2.24) is 4.98 Å². The predicted octanol–water partition coefficient (Wildman–Crippen LogP) is 1.48. The Labute approximate surface area is 128 Å². The molecule has 2 aromatic rings. The van der Waals surface area contributed by atoms with Crippen LogP contribution in [0.15, 0.2) is 54.4 Å². The normalized spacial score (nSPS) is 13.9. The maximum atomic E-state index is 12.4. The Morgan fingerprint density at radius 3 is 2.64 bits per heavy atom. The highest BCUT2D eigenvalue weighted by atomic mass is 16.3. The van der Waals surface area contributed by atoms with Crippen molar-refractivity contribution in [2.24, 2.45) is 0 Å². The van der Waals surface area contributed by atoms with Crippen LogP contribution < -0.4 is 5.11 Å². The fourth-order valence-corrected chi connectivity index (χ4v) is 2.63. The fraction of sp³-hybridized carbons (Fsp3) is 0.167. The van der Waals surface area contributed by atoms with E-state index in [1.165, 1.54) is 0 Å². The predicted molar refractivity (Wildman–Crippen MR) is 79.6 cm³/mol. The van der Waals surface area contributed by atoms with Gasteiger partial charge < -0.3 is 5.11 Å². The van der Waals surface area contributed by atoms with Gasteiger partial charge in [-0.3, -0.25) is 14.6 Å². The summed E-state index contributed by atoms with van der Waals surface area (Å²) in [6, 6.07) is 10.6. The van der Waals surface area contributed by atoms with Gasteiger partial charge in [-0.2, -0.15) is 0 Å². The highest BCUT2D eigenvalue weighted by molar-refractivity contribution is 6.26. The average molecular weight is 292 g/mol. The van der Waals surface area contributed by atoms with Crippen LogP contribution in [0.3, 0.4) is 0 Å². The van der Waals surface area contributed by atoms with Crippen LogP contribution in [-0.2, 0) is 22.4 Å². The summed E-state index contributed by atoms with van der Waals surface area (Å²) in [5.41, 5.74) is 1.95. The molecular weight excluding hydrogens is 278 g/mol. The number of aryl methyl sites for hydroxylation is 1. The zero-order chi connectivity index (χ0) is 15.5. The third kappa shape index (κ3) is 2.68. The van der Waals surface area contributed by atoms with Gasteiger partial charge in [0.25, 0.3) is 0 Å². The van der Waals surface area contributed by atoms with Crippen molar-refractivity contribution < 1.29 is 14.7 Å². The molecule has 0 fully saturated rings. The fourth-order valence-electron chi connectivity index (χ4n) is 2.63. The van der Waals surface area contributed by atoms with E-state index in [1.54, 1.807) is 36.7 Å². The monoisotopic (exact) mass is 292 g/mol. The molecule has 1 heterocycles. The van der Waals surface area contributed by atoms with Crippen molar-refractivity contribution in [3.8, 4) is 0 Å².